The number of rotatable bonds is 5. The van der Waals surface area contributed by atoms with E-state index in [0.717, 1.165) is 18.7 Å². The average Bonchev–Trinajstić information content (AvgIpc) is 2.87. The summed E-state index contributed by atoms with van der Waals surface area (Å²) in [4.78, 5) is 6.09. The Bertz CT molecular complexity index is 411. The largest absolute Gasteiger partial charge is 0.432 e. The SMILES string of the molecule is CCCNCc1coc(N2CCC(C(F)(F)F)CC2)n1. The molecule has 0 aliphatic carbocycles. The lowest BCUT2D eigenvalue weighted by Crippen LogP contribution is -2.39. The Balaban J connectivity index is 1.84. The van der Waals surface area contributed by atoms with Crippen LogP contribution in [0.3, 0.4) is 0 Å². The molecule has 2 heterocycles. The summed E-state index contributed by atoms with van der Waals surface area (Å²) in [6.07, 6.45) is -1.27. The summed E-state index contributed by atoms with van der Waals surface area (Å²) in [5.41, 5.74) is 0.784. The second kappa shape index (κ2) is 6.47. The van der Waals surface area contributed by atoms with Crippen molar-refractivity contribution in [2.24, 2.45) is 5.92 Å². The summed E-state index contributed by atoms with van der Waals surface area (Å²) in [5, 5.41) is 3.20. The molecular formula is C13H20F3N3O. The van der Waals surface area contributed by atoms with Crippen LogP contribution in [0.25, 0.3) is 0 Å². The molecule has 1 aliphatic heterocycles. The number of halogens is 3. The molecule has 0 amide bonds. The molecule has 1 fully saturated rings. The summed E-state index contributed by atoms with van der Waals surface area (Å²) in [6.45, 7) is 4.28. The first-order valence-corrected chi connectivity index (χ1v) is 6.97. The normalized spacial score (nSPS) is 17.7. The highest BCUT2D eigenvalue weighted by atomic mass is 19.4. The third-order valence-electron chi connectivity index (χ3n) is 3.50. The van der Waals surface area contributed by atoms with E-state index in [9.17, 15) is 13.2 Å². The fourth-order valence-corrected chi connectivity index (χ4v) is 2.31. The number of aromatic nitrogens is 1. The minimum absolute atomic E-state index is 0.106. The fraction of sp³-hybridized carbons (Fsp3) is 0.769. The molecule has 0 bridgehead atoms. The van der Waals surface area contributed by atoms with Crippen molar-refractivity contribution in [3.63, 3.8) is 0 Å². The van der Waals surface area contributed by atoms with Crippen LogP contribution < -0.4 is 10.2 Å². The van der Waals surface area contributed by atoms with Gasteiger partial charge >= 0.3 is 6.18 Å². The van der Waals surface area contributed by atoms with Crippen LogP contribution in [0.1, 0.15) is 31.9 Å². The number of anilines is 1. The second-order valence-corrected chi connectivity index (χ2v) is 5.10. The molecule has 1 saturated heterocycles. The van der Waals surface area contributed by atoms with Gasteiger partial charge in [0.1, 0.15) is 6.26 Å². The molecule has 0 atom stereocenters. The lowest BCUT2D eigenvalue weighted by Gasteiger charge is -2.31. The topological polar surface area (TPSA) is 41.3 Å². The van der Waals surface area contributed by atoms with Gasteiger partial charge in [0.05, 0.1) is 11.6 Å². The Morgan fingerprint density at radius 1 is 1.40 bits per heavy atom. The van der Waals surface area contributed by atoms with Gasteiger partial charge in [0.15, 0.2) is 0 Å². The number of hydrogen-bond acceptors (Lipinski definition) is 4. The molecule has 0 radical (unpaired) electrons. The van der Waals surface area contributed by atoms with Crippen LogP contribution >= 0.6 is 0 Å². The van der Waals surface area contributed by atoms with Crippen LogP contribution in [-0.4, -0.2) is 30.8 Å². The highest BCUT2D eigenvalue weighted by Crippen LogP contribution is 2.35. The Morgan fingerprint density at radius 3 is 2.70 bits per heavy atom. The maximum atomic E-state index is 12.6. The molecule has 0 aromatic carbocycles. The lowest BCUT2D eigenvalue weighted by molar-refractivity contribution is -0.179. The van der Waals surface area contributed by atoms with Crippen LogP contribution in [0.4, 0.5) is 19.2 Å². The van der Waals surface area contributed by atoms with E-state index in [1.807, 2.05) is 0 Å². The first-order chi connectivity index (χ1) is 9.50. The summed E-state index contributed by atoms with van der Waals surface area (Å²) in [7, 11) is 0. The number of nitrogens with zero attached hydrogens (tertiary/aromatic N) is 2. The molecule has 1 aromatic rings. The predicted molar refractivity (Wildman–Crippen MR) is 69.5 cm³/mol. The lowest BCUT2D eigenvalue weighted by atomic mass is 9.97. The molecule has 1 aliphatic rings. The third-order valence-corrected chi connectivity index (χ3v) is 3.50. The molecule has 2 rings (SSSR count). The van der Waals surface area contributed by atoms with Crippen LogP contribution in [0.5, 0.6) is 0 Å². The quantitative estimate of drug-likeness (QED) is 0.847. The van der Waals surface area contributed by atoms with E-state index in [0.29, 0.717) is 25.6 Å². The molecule has 1 N–H and O–H groups in total. The van der Waals surface area contributed by atoms with Gasteiger partial charge in [-0.2, -0.15) is 18.2 Å². The fourth-order valence-electron chi connectivity index (χ4n) is 2.31. The molecule has 114 valence electrons. The van der Waals surface area contributed by atoms with E-state index in [4.69, 9.17) is 4.42 Å². The van der Waals surface area contributed by atoms with Gasteiger partial charge in [-0.3, -0.25) is 0 Å². The summed E-state index contributed by atoms with van der Waals surface area (Å²) >= 11 is 0. The average molecular weight is 291 g/mol. The highest BCUT2D eigenvalue weighted by molar-refractivity contribution is 5.27. The summed E-state index contributed by atoms with van der Waals surface area (Å²) < 4.78 is 43.1. The van der Waals surface area contributed by atoms with Gasteiger partial charge in [0.2, 0.25) is 0 Å². The Hall–Kier alpha value is -1.24. The standard InChI is InChI=1S/C13H20F3N3O/c1-2-5-17-8-11-9-20-12(18-11)19-6-3-10(4-7-19)13(14,15)16/h9-10,17H,2-8H2,1H3. The number of piperidine rings is 1. The van der Waals surface area contributed by atoms with Crippen molar-refractivity contribution >= 4 is 6.01 Å². The van der Waals surface area contributed by atoms with E-state index in [-0.39, 0.29) is 12.8 Å². The van der Waals surface area contributed by atoms with Crippen LogP contribution in [0.15, 0.2) is 10.7 Å². The van der Waals surface area contributed by atoms with Crippen LogP contribution in [0.2, 0.25) is 0 Å². The smallest absolute Gasteiger partial charge is 0.391 e. The Labute approximate surface area is 116 Å². The van der Waals surface area contributed by atoms with E-state index >= 15 is 0 Å². The van der Waals surface area contributed by atoms with E-state index in [1.54, 1.807) is 11.2 Å². The maximum Gasteiger partial charge on any atom is 0.391 e. The van der Waals surface area contributed by atoms with Crippen LogP contribution in [-0.2, 0) is 6.54 Å². The highest BCUT2D eigenvalue weighted by Gasteiger charge is 2.41. The zero-order chi connectivity index (χ0) is 14.6. The minimum Gasteiger partial charge on any atom is -0.432 e. The van der Waals surface area contributed by atoms with Gasteiger partial charge in [0, 0.05) is 19.6 Å². The van der Waals surface area contributed by atoms with Crippen molar-refractivity contribution in [1.82, 2.24) is 10.3 Å². The molecule has 1 aromatic heterocycles. The maximum absolute atomic E-state index is 12.6. The second-order valence-electron chi connectivity index (χ2n) is 5.10. The third kappa shape index (κ3) is 3.88. The zero-order valence-corrected chi connectivity index (χ0v) is 11.5. The number of hydrogen-bond donors (Lipinski definition) is 1. The van der Waals surface area contributed by atoms with Gasteiger partial charge in [0.25, 0.3) is 6.01 Å². The van der Waals surface area contributed by atoms with E-state index in [2.05, 4.69) is 17.2 Å². The predicted octanol–water partition coefficient (Wildman–Crippen LogP) is 2.95. The van der Waals surface area contributed by atoms with Gasteiger partial charge < -0.3 is 14.6 Å². The van der Waals surface area contributed by atoms with Crippen molar-refractivity contribution < 1.29 is 17.6 Å². The molecule has 0 spiro atoms. The Kier molecular flexibility index (Phi) is 4.91. The van der Waals surface area contributed by atoms with Crippen molar-refractivity contribution in [3.05, 3.63) is 12.0 Å². The molecule has 0 saturated carbocycles. The zero-order valence-electron chi connectivity index (χ0n) is 11.5. The molecule has 7 heteroatoms. The van der Waals surface area contributed by atoms with Gasteiger partial charge in [-0.15, -0.1) is 0 Å². The van der Waals surface area contributed by atoms with Crippen LogP contribution in [0, 0.1) is 5.92 Å². The first kappa shape index (κ1) is 15.2. The van der Waals surface area contributed by atoms with Gasteiger partial charge in [-0.05, 0) is 25.8 Å². The Morgan fingerprint density at radius 2 is 2.10 bits per heavy atom. The monoisotopic (exact) mass is 291 g/mol. The first-order valence-electron chi connectivity index (χ1n) is 6.97. The number of oxazole rings is 1. The van der Waals surface area contributed by atoms with Gasteiger partial charge in [-0.25, -0.2) is 0 Å². The van der Waals surface area contributed by atoms with Crippen molar-refractivity contribution in [2.75, 3.05) is 24.5 Å². The summed E-state index contributed by atoms with van der Waals surface area (Å²) in [5.74, 6) is -1.19. The number of nitrogens with one attached hydrogen (secondary N) is 1. The van der Waals surface area contributed by atoms with Crippen molar-refractivity contribution in [3.8, 4) is 0 Å². The van der Waals surface area contributed by atoms with Gasteiger partial charge in [-0.1, -0.05) is 6.92 Å². The van der Waals surface area contributed by atoms with Crippen molar-refractivity contribution in [1.29, 1.82) is 0 Å². The molecular weight excluding hydrogens is 271 g/mol. The molecule has 20 heavy (non-hydrogen) atoms. The number of alkyl halides is 3. The van der Waals surface area contributed by atoms with E-state index < -0.39 is 12.1 Å². The molecule has 4 nitrogen and oxygen atoms in total. The molecule has 0 unspecified atom stereocenters. The van der Waals surface area contributed by atoms with E-state index in [1.165, 1.54) is 0 Å². The summed E-state index contributed by atoms with van der Waals surface area (Å²) in [6, 6.07) is 0.430. The minimum atomic E-state index is -4.09. The van der Waals surface area contributed by atoms with Crippen molar-refractivity contribution in [2.45, 2.75) is 38.9 Å².